The van der Waals surface area contributed by atoms with Crippen LogP contribution in [0.3, 0.4) is 0 Å². The van der Waals surface area contributed by atoms with Crippen LogP contribution in [0.1, 0.15) is 33.3 Å². The largest absolute Gasteiger partial charge is 0.350 e. The maximum absolute atomic E-state index is 13.3. The number of rotatable bonds is 8. The molecule has 33 heavy (non-hydrogen) atoms. The quantitative estimate of drug-likeness (QED) is 0.530. The number of hydrogen-bond donors (Lipinski definition) is 1. The van der Waals surface area contributed by atoms with E-state index in [1.54, 1.807) is 6.92 Å². The molecule has 0 aromatic heterocycles. The first-order valence-electron chi connectivity index (χ1n) is 10.3. The summed E-state index contributed by atoms with van der Waals surface area (Å²) in [6.45, 7) is 6.91. The third-order valence-electron chi connectivity index (χ3n) is 4.79. The average molecular weight is 559 g/mol. The summed E-state index contributed by atoms with van der Waals surface area (Å²) in [6.07, 6.45) is 0. The molecule has 0 aliphatic rings. The molecule has 2 aromatic rings. The Bertz CT molecular complexity index is 1100. The van der Waals surface area contributed by atoms with Gasteiger partial charge in [0.2, 0.25) is 21.8 Å². The molecule has 0 aliphatic heterocycles. The first kappa shape index (κ1) is 27.3. The van der Waals surface area contributed by atoms with Crippen molar-refractivity contribution in [1.82, 2.24) is 14.5 Å². The summed E-state index contributed by atoms with van der Waals surface area (Å²) in [5, 5.41) is 3.29. The van der Waals surface area contributed by atoms with Gasteiger partial charge in [-0.2, -0.15) is 4.31 Å². The fraction of sp³-hybridized carbons (Fsp3) is 0.391. The number of halogens is 2. The van der Waals surface area contributed by atoms with Gasteiger partial charge < -0.3 is 10.2 Å². The summed E-state index contributed by atoms with van der Waals surface area (Å²) >= 11 is 9.27. The molecule has 0 saturated heterocycles. The summed E-state index contributed by atoms with van der Waals surface area (Å²) < 4.78 is 27.7. The molecule has 1 atom stereocenters. The highest BCUT2D eigenvalue weighted by Gasteiger charge is 2.31. The summed E-state index contributed by atoms with van der Waals surface area (Å²) in [5.74, 6) is -0.819. The van der Waals surface area contributed by atoms with E-state index in [0.717, 1.165) is 14.3 Å². The van der Waals surface area contributed by atoms with Crippen LogP contribution < -0.4 is 5.32 Å². The van der Waals surface area contributed by atoms with Crippen molar-refractivity contribution in [3.63, 3.8) is 0 Å². The van der Waals surface area contributed by atoms with E-state index in [4.69, 9.17) is 11.6 Å². The second-order valence-electron chi connectivity index (χ2n) is 8.78. The highest BCUT2D eigenvalue weighted by Crippen LogP contribution is 2.19. The van der Waals surface area contributed by atoms with Gasteiger partial charge in [-0.1, -0.05) is 39.7 Å². The Morgan fingerprint density at radius 3 is 2.27 bits per heavy atom. The number of carbonyl (C=O) groups excluding carboxylic acids is 2. The first-order chi connectivity index (χ1) is 15.2. The van der Waals surface area contributed by atoms with Gasteiger partial charge in [0.05, 0.1) is 11.4 Å². The third kappa shape index (κ3) is 7.81. The van der Waals surface area contributed by atoms with Crippen molar-refractivity contribution in [2.45, 2.75) is 50.7 Å². The number of likely N-dealkylation sites (N-methyl/N-ethyl adjacent to an activating group) is 1. The molecule has 0 heterocycles. The average Bonchev–Trinajstić information content (AvgIpc) is 2.70. The monoisotopic (exact) mass is 557 g/mol. The fourth-order valence-corrected chi connectivity index (χ4v) is 4.73. The van der Waals surface area contributed by atoms with Gasteiger partial charge in [-0.25, -0.2) is 8.42 Å². The molecular weight excluding hydrogens is 530 g/mol. The number of sulfonamides is 1. The van der Waals surface area contributed by atoms with Crippen LogP contribution in [-0.2, 0) is 26.2 Å². The van der Waals surface area contributed by atoms with Gasteiger partial charge in [0.1, 0.15) is 6.04 Å². The lowest BCUT2D eigenvalue weighted by atomic mass is 10.1. The molecule has 180 valence electrons. The van der Waals surface area contributed by atoms with Crippen LogP contribution in [0.2, 0.25) is 5.02 Å². The Hall–Kier alpha value is -1.94. The molecule has 1 N–H and O–H groups in total. The Balaban J connectivity index is 2.29. The number of benzene rings is 2. The predicted octanol–water partition coefficient (Wildman–Crippen LogP) is 4.06. The van der Waals surface area contributed by atoms with Gasteiger partial charge in [-0.15, -0.1) is 0 Å². The number of nitrogens with one attached hydrogen (secondary N) is 1. The number of amides is 2. The van der Waals surface area contributed by atoms with Gasteiger partial charge in [-0.3, -0.25) is 9.59 Å². The SMILES string of the molecule is CC(C(=O)NC(C)(C)C)N(Cc1cccc(Br)c1)C(=O)CN(C)S(=O)(=O)c1ccc(Cl)cc1. The van der Waals surface area contributed by atoms with Crippen LogP contribution >= 0.6 is 27.5 Å². The van der Waals surface area contributed by atoms with Gasteiger partial charge >= 0.3 is 0 Å². The minimum absolute atomic E-state index is 0.0271. The predicted molar refractivity (Wildman–Crippen MR) is 133 cm³/mol. The van der Waals surface area contributed by atoms with E-state index >= 15 is 0 Å². The Kier molecular flexibility index (Phi) is 9.09. The third-order valence-corrected chi connectivity index (χ3v) is 7.35. The molecule has 0 aliphatic carbocycles. The lowest BCUT2D eigenvalue weighted by molar-refractivity contribution is -0.141. The van der Waals surface area contributed by atoms with E-state index in [-0.39, 0.29) is 17.3 Å². The normalized spacial score (nSPS) is 13.0. The van der Waals surface area contributed by atoms with Crippen LogP contribution in [0.5, 0.6) is 0 Å². The first-order valence-corrected chi connectivity index (χ1v) is 12.9. The zero-order chi connectivity index (χ0) is 25.0. The van der Waals surface area contributed by atoms with Crippen molar-refractivity contribution in [3.05, 3.63) is 63.6 Å². The van der Waals surface area contributed by atoms with Crippen LogP contribution in [0.25, 0.3) is 0 Å². The molecule has 2 aromatic carbocycles. The second-order valence-corrected chi connectivity index (χ2v) is 12.2. The van der Waals surface area contributed by atoms with Crippen molar-refractivity contribution in [2.24, 2.45) is 0 Å². The number of nitrogens with zero attached hydrogens (tertiary/aromatic N) is 2. The zero-order valence-electron chi connectivity index (χ0n) is 19.3. The second kappa shape index (κ2) is 11.0. The molecule has 2 amide bonds. The van der Waals surface area contributed by atoms with E-state index in [1.165, 1.54) is 36.2 Å². The fourth-order valence-electron chi connectivity index (χ4n) is 3.04. The van der Waals surface area contributed by atoms with E-state index < -0.39 is 34.1 Å². The molecule has 0 fully saturated rings. The number of hydrogen-bond acceptors (Lipinski definition) is 4. The molecule has 7 nitrogen and oxygen atoms in total. The molecule has 0 radical (unpaired) electrons. The summed E-state index contributed by atoms with van der Waals surface area (Å²) in [6, 6.07) is 12.3. The standard InChI is InChI=1S/C23H29BrClN3O4S/c1-16(22(30)26-23(2,3)4)28(14-17-7-6-8-18(24)13-17)21(29)15-27(5)33(31,32)20-11-9-19(25)10-12-20/h6-13,16H,14-15H2,1-5H3,(H,26,30). The van der Waals surface area contributed by atoms with Crippen molar-refractivity contribution in [3.8, 4) is 0 Å². The smallest absolute Gasteiger partial charge is 0.243 e. The highest BCUT2D eigenvalue weighted by molar-refractivity contribution is 9.10. The van der Waals surface area contributed by atoms with Gasteiger partial charge in [0, 0.05) is 28.6 Å². The molecular formula is C23H29BrClN3O4S. The van der Waals surface area contributed by atoms with Crippen molar-refractivity contribution >= 4 is 49.4 Å². The van der Waals surface area contributed by atoms with Crippen molar-refractivity contribution in [2.75, 3.05) is 13.6 Å². The Labute approximate surface area is 209 Å². The lowest BCUT2D eigenvalue weighted by Crippen LogP contribution is -2.54. The van der Waals surface area contributed by atoms with Gasteiger partial charge in [-0.05, 0) is 69.7 Å². The molecule has 0 spiro atoms. The van der Waals surface area contributed by atoms with E-state index in [1.807, 2.05) is 45.0 Å². The maximum atomic E-state index is 13.3. The Morgan fingerprint density at radius 2 is 1.73 bits per heavy atom. The van der Waals surface area contributed by atoms with Gasteiger partial charge in [0.15, 0.2) is 0 Å². The van der Waals surface area contributed by atoms with Crippen molar-refractivity contribution < 1.29 is 18.0 Å². The van der Waals surface area contributed by atoms with Crippen LogP contribution in [0.15, 0.2) is 57.9 Å². The summed E-state index contributed by atoms with van der Waals surface area (Å²) in [7, 11) is -2.59. The zero-order valence-corrected chi connectivity index (χ0v) is 22.5. The van der Waals surface area contributed by atoms with Crippen LogP contribution in [-0.4, -0.2) is 54.6 Å². The van der Waals surface area contributed by atoms with Crippen LogP contribution in [0, 0.1) is 0 Å². The molecule has 1 unspecified atom stereocenters. The van der Waals surface area contributed by atoms with E-state index in [9.17, 15) is 18.0 Å². The minimum Gasteiger partial charge on any atom is -0.350 e. The lowest BCUT2D eigenvalue weighted by Gasteiger charge is -2.32. The van der Waals surface area contributed by atoms with E-state index in [2.05, 4.69) is 21.2 Å². The van der Waals surface area contributed by atoms with Gasteiger partial charge in [0.25, 0.3) is 0 Å². The van der Waals surface area contributed by atoms with Crippen LogP contribution in [0.4, 0.5) is 0 Å². The molecule has 0 saturated carbocycles. The topological polar surface area (TPSA) is 86.8 Å². The summed E-state index contributed by atoms with van der Waals surface area (Å²) in [5.41, 5.74) is 0.321. The molecule has 2 rings (SSSR count). The Morgan fingerprint density at radius 1 is 1.12 bits per heavy atom. The minimum atomic E-state index is -3.92. The highest BCUT2D eigenvalue weighted by atomic mass is 79.9. The van der Waals surface area contributed by atoms with Crippen molar-refractivity contribution in [1.29, 1.82) is 0 Å². The maximum Gasteiger partial charge on any atom is 0.243 e. The number of carbonyl (C=O) groups is 2. The molecule has 10 heteroatoms. The molecule has 0 bridgehead atoms. The summed E-state index contributed by atoms with van der Waals surface area (Å²) in [4.78, 5) is 27.5. The van der Waals surface area contributed by atoms with E-state index in [0.29, 0.717) is 5.02 Å².